The highest BCUT2D eigenvalue weighted by atomic mass is 35.5. The lowest BCUT2D eigenvalue weighted by Gasteiger charge is -2.30. The van der Waals surface area contributed by atoms with Crippen molar-refractivity contribution in [3.8, 4) is 0 Å². The summed E-state index contributed by atoms with van der Waals surface area (Å²) in [5.41, 5.74) is 0. The Balaban J connectivity index is 1.85. The SMILES string of the molecule is FC1CCCN(c2cc(Cl)nc(C3CC3)n2)C1. The van der Waals surface area contributed by atoms with Crippen molar-refractivity contribution in [3.63, 3.8) is 0 Å². The monoisotopic (exact) mass is 255 g/mol. The first kappa shape index (κ1) is 11.2. The summed E-state index contributed by atoms with van der Waals surface area (Å²) in [6.45, 7) is 1.29. The maximum absolute atomic E-state index is 13.4. The lowest BCUT2D eigenvalue weighted by molar-refractivity contribution is 0.286. The normalized spacial score (nSPS) is 25.1. The fourth-order valence-electron chi connectivity index (χ4n) is 2.24. The van der Waals surface area contributed by atoms with Gasteiger partial charge in [0.05, 0.1) is 6.54 Å². The third-order valence-electron chi connectivity index (χ3n) is 3.33. The molecule has 1 atom stereocenters. The van der Waals surface area contributed by atoms with Crippen molar-refractivity contribution >= 4 is 17.4 Å². The molecule has 0 N–H and O–H groups in total. The Hall–Kier alpha value is -0.900. The second-order valence-corrected chi connectivity index (χ2v) is 5.25. The van der Waals surface area contributed by atoms with Gasteiger partial charge in [0, 0.05) is 18.5 Å². The molecule has 0 bridgehead atoms. The zero-order valence-corrected chi connectivity index (χ0v) is 10.3. The lowest BCUT2D eigenvalue weighted by atomic mass is 10.1. The maximum Gasteiger partial charge on any atom is 0.135 e. The minimum absolute atomic E-state index is 0.428. The van der Waals surface area contributed by atoms with Crippen LogP contribution in [0.25, 0.3) is 0 Å². The first-order valence-electron chi connectivity index (χ1n) is 6.16. The number of hydrogen-bond acceptors (Lipinski definition) is 3. The van der Waals surface area contributed by atoms with Crippen molar-refractivity contribution in [3.05, 3.63) is 17.0 Å². The molecule has 17 heavy (non-hydrogen) atoms. The highest BCUT2D eigenvalue weighted by Crippen LogP contribution is 2.39. The van der Waals surface area contributed by atoms with Crippen molar-refractivity contribution in [1.82, 2.24) is 9.97 Å². The fourth-order valence-corrected chi connectivity index (χ4v) is 2.43. The summed E-state index contributed by atoms with van der Waals surface area (Å²) in [6.07, 6.45) is 3.07. The number of piperidine rings is 1. The van der Waals surface area contributed by atoms with Gasteiger partial charge in [-0.2, -0.15) is 0 Å². The molecule has 3 nitrogen and oxygen atoms in total. The molecule has 0 aromatic carbocycles. The Bertz CT molecular complexity index is 422. The second-order valence-electron chi connectivity index (χ2n) is 4.87. The van der Waals surface area contributed by atoms with Gasteiger partial charge in [-0.15, -0.1) is 0 Å². The van der Waals surface area contributed by atoms with Crippen LogP contribution in [0.1, 0.15) is 37.4 Å². The van der Waals surface area contributed by atoms with Crippen LogP contribution in [0.2, 0.25) is 5.15 Å². The summed E-state index contributed by atoms with van der Waals surface area (Å²) >= 11 is 6.01. The van der Waals surface area contributed by atoms with Crippen molar-refractivity contribution < 1.29 is 4.39 Å². The molecule has 1 saturated carbocycles. The van der Waals surface area contributed by atoms with Crippen molar-refractivity contribution in [2.75, 3.05) is 18.0 Å². The van der Waals surface area contributed by atoms with E-state index in [9.17, 15) is 4.39 Å². The van der Waals surface area contributed by atoms with Gasteiger partial charge in [-0.25, -0.2) is 14.4 Å². The Kier molecular flexibility index (Phi) is 2.90. The van der Waals surface area contributed by atoms with Crippen LogP contribution >= 0.6 is 11.6 Å². The predicted octanol–water partition coefficient (Wildman–Crippen LogP) is 2.95. The smallest absolute Gasteiger partial charge is 0.135 e. The van der Waals surface area contributed by atoms with Crippen LogP contribution < -0.4 is 4.90 Å². The average Bonchev–Trinajstić information content (AvgIpc) is 3.12. The molecular weight excluding hydrogens is 241 g/mol. The van der Waals surface area contributed by atoms with Gasteiger partial charge in [0.2, 0.25) is 0 Å². The van der Waals surface area contributed by atoms with Crippen LogP contribution in [0.15, 0.2) is 6.07 Å². The molecule has 5 heteroatoms. The quantitative estimate of drug-likeness (QED) is 0.761. The summed E-state index contributed by atoms with van der Waals surface area (Å²) < 4.78 is 13.4. The number of alkyl halides is 1. The zero-order chi connectivity index (χ0) is 11.8. The molecule has 0 amide bonds. The van der Waals surface area contributed by atoms with E-state index in [1.807, 2.05) is 4.90 Å². The standard InChI is InChI=1S/C12H15ClFN3/c13-10-6-11(16-12(15-10)8-3-4-8)17-5-1-2-9(14)7-17/h6,8-9H,1-5,7H2. The van der Waals surface area contributed by atoms with E-state index in [2.05, 4.69) is 9.97 Å². The summed E-state index contributed by atoms with van der Waals surface area (Å²) in [5.74, 6) is 2.08. The maximum atomic E-state index is 13.4. The molecule has 1 saturated heterocycles. The number of halogens is 2. The van der Waals surface area contributed by atoms with Crippen LogP contribution in [0.5, 0.6) is 0 Å². The van der Waals surface area contributed by atoms with Gasteiger partial charge in [-0.05, 0) is 25.7 Å². The first-order valence-corrected chi connectivity index (χ1v) is 6.53. The molecule has 2 heterocycles. The highest BCUT2D eigenvalue weighted by molar-refractivity contribution is 6.29. The number of aromatic nitrogens is 2. The van der Waals surface area contributed by atoms with E-state index in [1.54, 1.807) is 6.07 Å². The van der Waals surface area contributed by atoms with Crippen LogP contribution in [-0.4, -0.2) is 29.2 Å². The van der Waals surface area contributed by atoms with E-state index in [4.69, 9.17) is 11.6 Å². The Morgan fingerprint density at radius 2 is 2.12 bits per heavy atom. The number of nitrogens with zero attached hydrogens (tertiary/aromatic N) is 3. The molecule has 3 rings (SSSR count). The van der Waals surface area contributed by atoms with Crippen molar-refractivity contribution in [2.24, 2.45) is 0 Å². The average molecular weight is 256 g/mol. The second kappa shape index (κ2) is 4.41. The van der Waals surface area contributed by atoms with E-state index in [0.717, 1.165) is 37.4 Å². The van der Waals surface area contributed by atoms with Gasteiger partial charge in [0.25, 0.3) is 0 Å². The van der Waals surface area contributed by atoms with Gasteiger partial charge < -0.3 is 4.90 Å². The Morgan fingerprint density at radius 1 is 1.29 bits per heavy atom. The van der Waals surface area contributed by atoms with E-state index in [1.165, 1.54) is 0 Å². The van der Waals surface area contributed by atoms with Gasteiger partial charge >= 0.3 is 0 Å². The highest BCUT2D eigenvalue weighted by Gasteiger charge is 2.28. The Morgan fingerprint density at radius 3 is 2.82 bits per heavy atom. The minimum Gasteiger partial charge on any atom is -0.354 e. The zero-order valence-electron chi connectivity index (χ0n) is 9.57. The molecular formula is C12H15ClFN3. The van der Waals surface area contributed by atoms with Crippen LogP contribution in [0, 0.1) is 0 Å². The number of hydrogen-bond donors (Lipinski definition) is 0. The van der Waals surface area contributed by atoms with Crippen LogP contribution in [0.4, 0.5) is 10.2 Å². The van der Waals surface area contributed by atoms with Gasteiger partial charge in [0.15, 0.2) is 0 Å². The summed E-state index contributed by atoms with van der Waals surface area (Å²) in [5, 5.41) is 0.470. The van der Waals surface area contributed by atoms with E-state index in [0.29, 0.717) is 24.0 Å². The number of rotatable bonds is 2. The molecule has 1 unspecified atom stereocenters. The Labute approximate surface area is 105 Å². The van der Waals surface area contributed by atoms with E-state index < -0.39 is 6.17 Å². The van der Waals surface area contributed by atoms with Crippen LogP contribution in [-0.2, 0) is 0 Å². The summed E-state index contributed by atoms with van der Waals surface area (Å²) in [6, 6.07) is 1.74. The third kappa shape index (κ3) is 2.51. The molecule has 0 radical (unpaired) electrons. The van der Waals surface area contributed by atoms with Gasteiger partial charge in [0.1, 0.15) is 23.0 Å². The molecule has 2 aliphatic rings. The molecule has 92 valence electrons. The summed E-state index contributed by atoms with van der Waals surface area (Å²) in [4.78, 5) is 10.7. The summed E-state index contributed by atoms with van der Waals surface area (Å²) in [7, 11) is 0. The van der Waals surface area contributed by atoms with Crippen molar-refractivity contribution in [2.45, 2.75) is 37.8 Å². The molecule has 1 aromatic heterocycles. The topological polar surface area (TPSA) is 29.0 Å². The first-order chi connectivity index (χ1) is 8.22. The van der Waals surface area contributed by atoms with Crippen molar-refractivity contribution in [1.29, 1.82) is 0 Å². The molecule has 1 aromatic rings. The predicted molar refractivity (Wildman–Crippen MR) is 65.4 cm³/mol. The largest absolute Gasteiger partial charge is 0.354 e. The third-order valence-corrected chi connectivity index (χ3v) is 3.52. The molecule has 2 fully saturated rings. The molecule has 1 aliphatic carbocycles. The van der Waals surface area contributed by atoms with Crippen LogP contribution in [0.3, 0.4) is 0 Å². The molecule has 1 aliphatic heterocycles. The molecule has 0 spiro atoms. The number of anilines is 1. The fraction of sp³-hybridized carbons (Fsp3) is 0.667. The minimum atomic E-state index is -0.748. The van der Waals surface area contributed by atoms with E-state index >= 15 is 0 Å². The van der Waals surface area contributed by atoms with Gasteiger partial charge in [-0.3, -0.25) is 0 Å². The lowest BCUT2D eigenvalue weighted by Crippen LogP contribution is -2.37. The van der Waals surface area contributed by atoms with E-state index in [-0.39, 0.29) is 0 Å². The van der Waals surface area contributed by atoms with Gasteiger partial charge in [-0.1, -0.05) is 11.6 Å².